The second-order valence-electron chi connectivity index (χ2n) is 5.60. The molecule has 2 atom stereocenters. The normalized spacial score (nSPS) is 24.2. The molecule has 1 fully saturated rings. The quantitative estimate of drug-likeness (QED) is 0.857. The molecule has 2 N–H and O–H groups in total. The van der Waals surface area contributed by atoms with Crippen molar-refractivity contribution in [3.8, 4) is 0 Å². The van der Waals surface area contributed by atoms with Crippen molar-refractivity contribution in [3.63, 3.8) is 0 Å². The second kappa shape index (κ2) is 6.35. The maximum Gasteiger partial charge on any atom is 0.0580 e. The first-order valence-electron chi connectivity index (χ1n) is 7.12. The van der Waals surface area contributed by atoms with Gasteiger partial charge in [-0.15, -0.1) is 0 Å². The van der Waals surface area contributed by atoms with Crippen LogP contribution < -0.4 is 5.32 Å². The zero-order valence-corrected chi connectivity index (χ0v) is 11.6. The fraction of sp³-hybridized carbons (Fsp3) is 0.625. The minimum Gasteiger partial charge on any atom is -0.393 e. The molecule has 2 heteroatoms. The van der Waals surface area contributed by atoms with Gasteiger partial charge in [-0.25, -0.2) is 0 Å². The summed E-state index contributed by atoms with van der Waals surface area (Å²) in [5.74, 6) is 0.448. The number of benzene rings is 1. The van der Waals surface area contributed by atoms with Crippen LogP contribution in [0.3, 0.4) is 0 Å². The van der Waals surface area contributed by atoms with Crippen molar-refractivity contribution in [2.75, 3.05) is 6.54 Å². The third-order valence-corrected chi connectivity index (χ3v) is 4.31. The predicted molar refractivity (Wildman–Crippen MR) is 75.6 cm³/mol. The third kappa shape index (κ3) is 3.33. The topological polar surface area (TPSA) is 32.3 Å². The molecule has 2 rings (SSSR count). The zero-order valence-electron chi connectivity index (χ0n) is 11.6. The lowest BCUT2D eigenvalue weighted by Crippen LogP contribution is -2.33. The van der Waals surface area contributed by atoms with Gasteiger partial charge in [0.1, 0.15) is 0 Å². The summed E-state index contributed by atoms with van der Waals surface area (Å²) < 4.78 is 0. The summed E-state index contributed by atoms with van der Waals surface area (Å²) in [5, 5.41) is 13.4. The molecule has 1 saturated carbocycles. The van der Waals surface area contributed by atoms with E-state index in [0.29, 0.717) is 5.92 Å². The Morgan fingerprint density at radius 2 is 2.00 bits per heavy atom. The summed E-state index contributed by atoms with van der Waals surface area (Å²) in [7, 11) is 0. The van der Waals surface area contributed by atoms with Gasteiger partial charge in [-0.05, 0) is 49.3 Å². The van der Waals surface area contributed by atoms with Gasteiger partial charge in [-0.2, -0.15) is 0 Å². The highest BCUT2D eigenvalue weighted by Crippen LogP contribution is 2.23. The molecule has 1 aliphatic rings. The molecule has 1 aliphatic carbocycles. The number of rotatable bonds is 4. The highest BCUT2D eigenvalue weighted by atomic mass is 16.3. The molecule has 1 aromatic rings. The monoisotopic (exact) mass is 247 g/mol. The van der Waals surface area contributed by atoms with Crippen molar-refractivity contribution in [1.82, 2.24) is 5.32 Å². The fourth-order valence-electron chi connectivity index (χ4n) is 2.82. The van der Waals surface area contributed by atoms with E-state index in [-0.39, 0.29) is 6.10 Å². The van der Waals surface area contributed by atoms with E-state index in [4.69, 9.17) is 0 Å². The molecule has 0 heterocycles. The van der Waals surface area contributed by atoms with Crippen LogP contribution in [0, 0.1) is 19.8 Å². The van der Waals surface area contributed by atoms with Gasteiger partial charge in [0.25, 0.3) is 0 Å². The Morgan fingerprint density at radius 1 is 1.22 bits per heavy atom. The molecule has 0 aromatic heterocycles. The maximum atomic E-state index is 9.92. The van der Waals surface area contributed by atoms with Gasteiger partial charge in [0.15, 0.2) is 0 Å². The molecule has 0 spiro atoms. The van der Waals surface area contributed by atoms with E-state index < -0.39 is 0 Å². The van der Waals surface area contributed by atoms with Crippen molar-refractivity contribution in [2.45, 2.75) is 52.2 Å². The van der Waals surface area contributed by atoms with Crippen LogP contribution in [0.5, 0.6) is 0 Å². The van der Waals surface area contributed by atoms with Crippen molar-refractivity contribution in [1.29, 1.82) is 0 Å². The number of aliphatic hydroxyl groups is 1. The SMILES string of the molecule is Cc1cccc(CNCC2CCCCC2O)c1C. The summed E-state index contributed by atoms with van der Waals surface area (Å²) in [4.78, 5) is 0. The molecule has 2 nitrogen and oxygen atoms in total. The van der Waals surface area contributed by atoms with Gasteiger partial charge in [0.05, 0.1) is 6.10 Å². The van der Waals surface area contributed by atoms with Crippen molar-refractivity contribution >= 4 is 0 Å². The Morgan fingerprint density at radius 3 is 2.78 bits per heavy atom. The average molecular weight is 247 g/mol. The first-order chi connectivity index (χ1) is 8.68. The Hall–Kier alpha value is -0.860. The highest BCUT2D eigenvalue weighted by molar-refractivity contribution is 5.32. The van der Waals surface area contributed by atoms with E-state index >= 15 is 0 Å². The van der Waals surface area contributed by atoms with E-state index in [1.165, 1.54) is 36.0 Å². The van der Waals surface area contributed by atoms with Crippen LogP contribution in [0.15, 0.2) is 18.2 Å². The average Bonchev–Trinajstić information content (AvgIpc) is 2.37. The molecule has 100 valence electrons. The van der Waals surface area contributed by atoms with Gasteiger partial charge in [-0.1, -0.05) is 31.0 Å². The minimum absolute atomic E-state index is 0.0927. The summed E-state index contributed by atoms with van der Waals surface area (Å²) in [6.07, 6.45) is 4.52. The molecule has 2 unspecified atom stereocenters. The molecule has 0 bridgehead atoms. The van der Waals surface area contributed by atoms with Crippen molar-refractivity contribution in [2.24, 2.45) is 5.92 Å². The van der Waals surface area contributed by atoms with Gasteiger partial charge in [0.2, 0.25) is 0 Å². The van der Waals surface area contributed by atoms with Crippen LogP contribution in [0.4, 0.5) is 0 Å². The van der Waals surface area contributed by atoms with E-state index in [0.717, 1.165) is 19.5 Å². The first-order valence-corrected chi connectivity index (χ1v) is 7.12. The minimum atomic E-state index is -0.0927. The molecule has 1 aromatic carbocycles. The van der Waals surface area contributed by atoms with Gasteiger partial charge in [0, 0.05) is 13.1 Å². The van der Waals surface area contributed by atoms with E-state index in [1.807, 2.05) is 0 Å². The van der Waals surface area contributed by atoms with Crippen LogP contribution in [-0.4, -0.2) is 17.8 Å². The summed E-state index contributed by atoms with van der Waals surface area (Å²) >= 11 is 0. The first kappa shape index (κ1) is 13.6. The van der Waals surface area contributed by atoms with Crippen molar-refractivity contribution < 1.29 is 5.11 Å². The second-order valence-corrected chi connectivity index (χ2v) is 5.60. The zero-order chi connectivity index (χ0) is 13.0. The summed E-state index contributed by atoms with van der Waals surface area (Å²) in [5.41, 5.74) is 4.11. The molecule has 18 heavy (non-hydrogen) atoms. The van der Waals surface area contributed by atoms with Crippen molar-refractivity contribution in [3.05, 3.63) is 34.9 Å². The van der Waals surface area contributed by atoms with Gasteiger partial charge < -0.3 is 10.4 Å². The molecule has 0 saturated heterocycles. The Balaban J connectivity index is 1.83. The van der Waals surface area contributed by atoms with Gasteiger partial charge in [-0.3, -0.25) is 0 Å². The number of aliphatic hydroxyl groups excluding tert-OH is 1. The predicted octanol–water partition coefficient (Wildman–Crippen LogP) is 2.94. The Kier molecular flexibility index (Phi) is 4.79. The van der Waals surface area contributed by atoms with E-state index in [1.54, 1.807) is 0 Å². The van der Waals surface area contributed by atoms with Crippen LogP contribution in [0.25, 0.3) is 0 Å². The maximum absolute atomic E-state index is 9.92. The number of nitrogens with one attached hydrogen (secondary N) is 1. The van der Waals surface area contributed by atoms with E-state index in [9.17, 15) is 5.11 Å². The van der Waals surface area contributed by atoms with Gasteiger partial charge >= 0.3 is 0 Å². The Bertz CT molecular complexity index is 389. The standard InChI is InChI=1S/C16H25NO/c1-12-6-5-8-14(13(12)2)10-17-11-15-7-3-4-9-16(15)18/h5-6,8,15-18H,3-4,7,9-11H2,1-2H3. The molecular formula is C16H25NO. The lowest BCUT2D eigenvalue weighted by atomic mass is 9.86. The molecule has 0 aliphatic heterocycles. The summed E-state index contributed by atoms with van der Waals surface area (Å²) in [6.45, 7) is 6.19. The number of aryl methyl sites for hydroxylation is 1. The lowest BCUT2D eigenvalue weighted by molar-refractivity contribution is 0.0695. The van der Waals surface area contributed by atoms with Crippen LogP contribution in [0.1, 0.15) is 42.4 Å². The summed E-state index contributed by atoms with van der Waals surface area (Å²) in [6, 6.07) is 6.46. The Labute approximate surface area is 110 Å². The molecular weight excluding hydrogens is 222 g/mol. The molecule has 0 amide bonds. The van der Waals surface area contributed by atoms with Crippen LogP contribution in [0.2, 0.25) is 0 Å². The fourth-order valence-corrected chi connectivity index (χ4v) is 2.82. The smallest absolute Gasteiger partial charge is 0.0580 e. The van der Waals surface area contributed by atoms with Crippen LogP contribution >= 0.6 is 0 Å². The number of hydrogen-bond donors (Lipinski definition) is 2. The third-order valence-electron chi connectivity index (χ3n) is 4.31. The lowest BCUT2D eigenvalue weighted by Gasteiger charge is -2.27. The number of hydrogen-bond acceptors (Lipinski definition) is 2. The largest absolute Gasteiger partial charge is 0.393 e. The van der Waals surface area contributed by atoms with Crippen LogP contribution in [-0.2, 0) is 6.54 Å². The van der Waals surface area contributed by atoms with E-state index in [2.05, 4.69) is 37.4 Å². The molecule has 0 radical (unpaired) electrons. The highest BCUT2D eigenvalue weighted by Gasteiger charge is 2.22.